The molecule has 3 N–H and O–H groups in total. The number of hydrogen-bond acceptors (Lipinski definition) is 3. The van der Waals surface area contributed by atoms with Crippen molar-refractivity contribution in [1.29, 1.82) is 0 Å². The molecule has 0 bridgehead atoms. The maximum Gasteiger partial charge on any atom is 0.328 e. The van der Waals surface area contributed by atoms with Gasteiger partial charge in [-0.3, -0.25) is 0 Å². The molecule has 0 amide bonds. The van der Waals surface area contributed by atoms with Gasteiger partial charge in [0.2, 0.25) is 0 Å². The molecule has 104 valence electrons. The van der Waals surface area contributed by atoms with Crippen LogP contribution in [-0.2, 0) is 21.5 Å². The smallest absolute Gasteiger partial charge is 0.328 e. The van der Waals surface area contributed by atoms with E-state index in [2.05, 4.69) is 9.44 Å². The zero-order valence-electron chi connectivity index (χ0n) is 10.5. The molecular weight excluding hydrogens is 268 g/mol. The zero-order chi connectivity index (χ0) is 14.3. The van der Waals surface area contributed by atoms with Gasteiger partial charge < -0.3 is 5.11 Å². The summed E-state index contributed by atoms with van der Waals surface area (Å²) >= 11 is 0. The van der Waals surface area contributed by atoms with Crippen LogP contribution < -0.4 is 9.44 Å². The van der Waals surface area contributed by atoms with Crippen LogP contribution in [0.25, 0.3) is 6.08 Å². The molecule has 6 nitrogen and oxygen atoms in total. The maximum atomic E-state index is 11.3. The quantitative estimate of drug-likeness (QED) is 0.643. The molecule has 0 saturated heterocycles. The first-order chi connectivity index (χ1) is 8.93. The highest BCUT2D eigenvalue weighted by molar-refractivity contribution is 7.87. The van der Waals surface area contributed by atoms with Crippen molar-refractivity contribution in [2.75, 3.05) is 6.54 Å². The number of nitrogens with one attached hydrogen (secondary N) is 2. The molecule has 1 aromatic carbocycles. The van der Waals surface area contributed by atoms with Crippen LogP contribution in [0.5, 0.6) is 0 Å². The lowest BCUT2D eigenvalue weighted by atomic mass is 10.1. The van der Waals surface area contributed by atoms with Crippen molar-refractivity contribution in [3.8, 4) is 0 Å². The van der Waals surface area contributed by atoms with Gasteiger partial charge in [-0.05, 0) is 17.2 Å². The van der Waals surface area contributed by atoms with Crippen molar-refractivity contribution in [2.45, 2.75) is 13.5 Å². The zero-order valence-corrected chi connectivity index (χ0v) is 11.3. The van der Waals surface area contributed by atoms with Gasteiger partial charge in [0.15, 0.2) is 0 Å². The second-order valence-corrected chi connectivity index (χ2v) is 5.32. The minimum Gasteiger partial charge on any atom is -0.478 e. The molecule has 19 heavy (non-hydrogen) atoms. The fourth-order valence-corrected chi connectivity index (χ4v) is 2.17. The molecule has 1 rings (SSSR count). The van der Waals surface area contributed by atoms with Crippen molar-refractivity contribution >= 4 is 22.3 Å². The number of carboxylic acids is 1. The summed E-state index contributed by atoms with van der Waals surface area (Å²) in [6.07, 6.45) is 2.51. The number of aliphatic carboxylic acids is 1. The lowest BCUT2D eigenvalue weighted by molar-refractivity contribution is -0.131. The lowest BCUT2D eigenvalue weighted by Gasteiger charge is -2.06. The third kappa shape index (κ3) is 6.14. The first kappa shape index (κ1) is 15.4. The van der Waals surface area contributed by atoms with E-state index < -0.39 is 16.2 Å². The molecule has 0 aliphatic heterocycles. The number of benzene rings is 1. The Bertz CT molecular complexity index is 550. The van der Waals surface area contributed by atoms with Gasteiger partial charge in [0.25, 0.3) is 10.2 Å². The Morgan fingerprint density at radius 3 is 2.42 bits per heavy atom. The van der Waals surface area contributed by atoms with Gasteiger partial charge in [-0.25, -0.2) is 9.52 Å². The van der Waals surface area contributed by atoms with Crippen LogP contribution in [0.4, 0.5) is 0 Å². The Morgan fingerprint density at radius 1 is 1.26 bits per heavy atom. The van der Waals surface area contributed by atoms with Gasteiger partial charge in [-0.15, -0.1) is 0 Å². The van der Waals surface area contributed by atoms with E-state index in [4.69, 9.17) is 5.11 Å². The van der Waals surface area contributed by atoms with E-state index in [9.17, 15) is 13.2 Å². The van der Waals surface area contributed by atoms with Crippen LogP contribution in [0, 0.1) is 0 Å². The first-order valence-corrected chi connectivity index (χ1v) is 7.15. The molecule has 0 heterocycles. The second kappa shape index (κ2) is 7.03. The molecule has 0 aliphatic rings. The average Bonchev–Trinajstić information content (AvgIpc) is 2.35. The molecule has 0 fully saturated rings. The van der Waals surface area contributed by atoms with E-state index in [1.165, 1.54) is 6.08 Å². The summed E-state index contributed by atoms with van der Waals surface area (Å²) in [5, 5.41) is 8.48. The third-order valence-corrected chi connectivity index (χ3v) is 3.39. The van der Waals surface area contributed by atoms with Crippen LogP contribution in [-0.4, -0.2) is 26.0 Å². The highest BCUT2D eigenvalue weighted by atomic mass is 32.2. The Balaban J connectivity index is 2.60. The standard InChI is InChI=1S/C12H16N2O4S/c1-2-13-19(17,18)14-9-11-5-3-10(4-6-11)7-8-12(15)16/h3-8,13-14H,2,9H2,1H3,(H,15,16)/b8-7+. The average molecular weight is 284 g/mol. The van der Waals surface area contributed by atoms with Gasteiger partial charge in [-0.2, -0.15) is 13.1 Å². The highest BCUT2D eigenvalue weighted by Crippen LogP contribution is 2.06. The molecule has 0 aliphatic carbocycles. The molecular formula is C12H16N2O4S. The van der Waals surface area contributed by atoms with Crippen molar-refractivity contribution in [3.63, 3.8) is 0 Å². The molecule has 0 atom stereocenters. The van der Waals surface area contributed by atoms with Gasteiger partial charge in [0.1, 0.15) is 0 Å². The summed E-state index contributed by atoms with van der Waals surface area (Å²) in [5.41, 5.74) is 1.52. The number of rotatable bonds is 7. The number of carbonyl (C=O) groups is 1. The molecule has 0 spiro atoms. The maximum absolute atomic E-state index is 11.3. The molecule has 7 heteroatoms. The van der Waals surface area contributed by atoms with E-state index in [1.54, 1.807) is 31.2 Å². The highest BCUT2D eigenvalue weighted by Gasteiger charge is 2.06. The minimum atomic E-state index is -3.45. The van der Waals surface area contributed by atoms with Crippen LogP contribution in [0.1, 0.15) is 18.1 Å². The Kier molecular flexibility index (Phi) is 5.68. The van der Waals surface area contributed by atoms with Gasteiger partial charge in [-0.1, -0.05) is 31.2 Å². The van der Waals surface area contributed by atoms with Crippen molar-refractivity contribution in [2.24, 2.45) is 0 Å². The lowest BCUT2D eigenvalue weighted by Crippen LogP contribution is -2.35. The van der Waals surface area contributed by atoms with Crippen molar-refractivity contribution in [3.05, 3.63) is 41.5 Å². The van der Waals surface area contributed by atoms with E-state index in [0.29, 0.717) is 6.54 Å². The van der Waals surface area contributed by atoms with Crippen LogP contribution in [0.3, 0.4) is 0 Å². The fourth-order valence-electron chi connectivity index (χ4n) is 1.33. The summed E-state index contributed by atoms with van der Waals surface area (Å²) in [6.45, 7) is 2.20. The Morgan fingerprint density at radius 2 is 1.89 bits per heavy atom. The number of carboxylic acid groups (broad SMARTS) is 1. The Labute approximate surface area is 112 Å². The van der Waals surface area contributed by atoms with E-state index in [1.807, 2.05) is 0 Å². The molecule has 0 radical (unpaired) electrons. The Hall–Kier alpha value is -1.70. The summed E-state index contributed by atoms with van der Waals surface area (Å²) in [7, 11) is -3.45. The predicted octanol–water partition coefficient (Wildman–Crippen LogP) is 0.728. The summed E-state index contributed by atoms with van der Waals surface area (Å²) in [4.78, 5) is 10.3. The molecule has 0 aromatic heterocycles. The molecule has 0 unspecified atom stereocenters. The topological polar surface area (TPSA) is 95.5 Å². The fraction of sp³-hybridized carbons (Fsp3) is 0.250. The SMILES string of the molecule is CCNS(=O)(=O)NCc1ccc(/C=C/C(=O)O)cc1. The minimum absolute atomic E-state index is 0.179. The predicted molar refractivity (Wildman–Crippen MR) is 72.5 cm³/mol. The first-order valence-electron chi connectivity index (χ1n) is 5.67. The van der Waals surface area contributed by atoms with Gasteiger partial charge in [0, 0.05) is 19.2 Å². The molecule has 1 aromatic rings. The second-order valence-electron chi connectivity index (χ2n) is 3.74. The third-order valence-electron chi connectivity index (χ3n) is 2.20. The van der Waals surface area contributed by atoms with Crippen LogP contribution in [0.2, 0.25) is 0 Å². The molecule has 0 saturated carbocycles. The van der Waals surface area contributed by atoms with Crippen LogP contribution in [0.15, 0.2) is 30.3 Å². The summed E-state index contributed by atoms with van der Waals surface area (Å²) in [5.74, 6) is -1.01. The summed E-state index contributed by atoms with van der Waals surface area (Å²) in [6, 6.07) is 6.90. The normalized spacial score (nSPS) is 11.8. The summed E-state index contributed by atoms with van der Waals surface area (Å²) < 4.78 is 27.4. The van der Waals surface area contributed by atoms with Gasteiger partial charge >= 0.3 is 5.97 Å². The number of hydrogen-bond donors (Lipinski definition) is 3. The van der Waals surface area contributed by atoms with E-state index in [-0.39, 0.29) is 6.54 Å². The van der Waals surface area contributed by atoms with Crippen molar-refractivity contribution in [1.82, 2.24) is 9.44 Å². The van der Waals surface area contributed by atoms with E-state index in [0.717, 1.165) is 17.2 Å². The van der Waals surface area contributed by atoms with Gasteiger partial charge in [0.05, 0.1) is 0 Å². The largest absolute Gasteiger partial charge is 0.478 e. The van der Waals surface area contributed by atoms with Crippen LogP contribution >= 0.6 is 0 Å². The van der Waals surface area contributed by atoms with Crippen molar-refractivity contribution < 1.29 is 18.3 Å². The van der Waals surface area contributed by atoms with E-state index >= 15 is 0 Å². The monoisotopic (exact) mass is 284 g/mol.